The number of carbonyl (C=O) groups excluding carboxylic acids is 2. The molecule has 0 aliphatic rings. The Morgan fingerprint density at radius 1 is 1.07 bits per heavy atom. The molecule has 0 aliphatic heterocycles. The van der Waals surface area contributed by atoms with Crippen molar-refractivity contribution in [1.29, 1.82) is 0 Å². The smallest absolute Gasteiger partial charge is 0.471 e. The Bertz CT molecular complexity index is 752. The molecule has 1 aromatic rings. The molecule has 0 aliphatic carbocycles. The van der Waals surface area contributed by atoms with E-state index in [0.717, 1.165) is 0 Å². The average Bonchev–Trinajstić information content (AvgIpc) is 2.63. The lowest BCUT2D eigenvalue weighted by molar-refractivity contribution is -0.173. The summed E-state index contributed by atoms with van der Waals surface area (Å²) in [5.74, 6) is -1.52. The summed E-state index contributed by atoms with van der Waals surface area (Å²) < 4.78 is 52.6. The normalized spacial score (nSPS) is 12.0. The van der Waals surface area contributed by atoms with Crippen LogP contribution in [0.1, 0.15) is 31.9 Å². The van der Waals surface area contributed by atoms with E-state index < -0.39 is 17.5 Å². The van der Waals surface area contributed by atoms with Gasteiger partial charge in [0.25, 0.3) is 0 Å². The Morgan fingerprint density at radius 2 is 1.66 bits per heavy atom. The Morgan fingerprint density at radius 3 is 2.17 bits per heavy atom. The van der Waals surface area contributed by atoms with E-state index in [-0.39, 0.29) is 25.5 Å². The van der Waals surface area contributed by atoms with Gasteiger partial charge < -0.3 is 19.5 Å². The Balaban J connectivity index is 2.94. The van der Waals surface area contributed by atoms with Gasteiger partial charge in [-0.15, -0.1) is 0 Å². The first-order chi connectivity index (χ1) is 13.4. The lowest BCUT2D eigenvalue weighted by Crippen LogP contribution is -2.37. The third-order valence-corrected chi connectivity index (χ3v) is 3.80. The molecule has 1 amide bonds. The third-order valence-electron chi connectivity index (χ3n) is 3.80. The second-order valence-corrected chi connectivity index (χ2v) is 7.16. The van der Waals surface area contributed by atoms with Gasteiger partial charge in [0.1, 0.15) is 6.61 Å². The average molecular weight is 417 g/mol. The molecule has 0 spiro atoms. The number of alkyl halides is 3. The van der Waals surface area contributed by atoms with Crippen molar-refractivity contribution in [3.63, 3.8) is 0 Å². The van der Waals surface area contributed by atoms with Gasteiger partial charge in [0, 0.05) is 6.54 Å². The second kappa shape index (κ2) is 10.2. The maximum Gasteiger partial charge on any atom is 0.471 e. The predicted octanol–water partition coefficient (Wildman–Crippen LogP) is 3.53. The standard InChI is InChI=1S/C20H26F3NO5/c1-19(2,3)18(26)29-10-6-7-13-11-15(27-4)16(28-5)12-14(13)8-9-24-17(25)20(21,22)23/h6-7,11-12H,8-10H2,1-5H3,(H,24,25)/b7-6-. The molecule has 1 N–H and O–H groups in total. The summed E-state index contributed by atoms with van der Waals surface area (Å²) in [5.41, 5.74) is 0.637. The van der Waals surface area contributed by atoms with Crippen molar-refractivity contribution < 1.29 is 37.0 Å². The van der Waals surface area contributed by atoms with Gasteiger partial charge in [0.2, 0.25) is 0 Å². The van der Waals surface area contributed by atoms with Gasteiger partial charge >= 0.3 is 18.1 Å². The molecule has 6 nitrogen and oxygen atoms in total. The predicted molar refractivity (Wildman–Crippen MR) is 102 cm³/mol. The number of ether oxygens (including phenoxy) is 3. The Kier molecular flexibility index (Phi) is 8.54. The Labute approximate surface area is 168 Å². The van der Waals surface area contributed by atoms with Crippen molar-refractivity contribution in [1.82, 2.24) is 5.32 Å². The zero-order chi connectivity index (χ0) is 22.2. The molecule has 162 valence electrons. The van der Waals surface area contributed by atoms with E-state index >= 15 is 0 Å². The van der Waals surface area contributed by atoms with E-state index in [2.05, 4.69) is 0 Å². The first kappa shape index (κ1) is 24.3. The van der Waals surface area contributed by atoms with Crippen LogP contribution in [0.3, 0.4) is 0 Å². The minimum absolute atomic E-state index is 0.0364. The highest BCUT2D eigenvalue weighted by Crippen LogP contribution is 2.31. The summed E-state index contributed by atoms with van der Waals surface area (Å²) in [6.07, 6.45) is -1.53. The lowest BCUT2D eigenvalue weighted by Gasteiger charge is -2.16. The van der Waals surface area contributed by atoms with Crippen LogP contribution in [0, 0.1) is 5.41 Å². The third kappa shape index (κ3) is 7.67. The molecule has 9 heteroatoms. The molecular formula is C20H26F3NO5. The molecule has 0 aromatic heterocycles. The summed E-state index contributed by atoms with van der Waals surface area (Å²) in [4.78, 5) is 22.8. The van der Waals surface area contributed by atoms with Gasteiger partial charge in [-0.3, -0.25) is 9.59 Å². The van der Waals surface area contributed by atoms with Gasteiger partial charge in [0.05, 0.1) is 19.6 Å². The number of hydrogen-bond acceptors (Lipinski definition) is 5. The first-order valence-electron chi connectivity index (χ1n) is 8.83. The summed E-state index contributed by atoms with van der Waals surface area (Å²) in [6.45, 7) is 5.03. The van der Waals surface area contributed by atoms with Crippen LogP contribution in [0.15, 0.2) is 18.2 Å². The molecule has 0 heterocycles. The monoisotopic (exact) mass is 417 g/mol. The van der Waals surface area contributed by atoms with Crippen molar-refractivity contribution in [2.45, 2.75) is 33.4 Å². The zero-order valence-electron chi connectivity index (χ0n) is 17.1. The number of amides is 1. The molecule has 0 saturated carbocycles. The van der Waals surface area contributed by atoms with Crippen molar-refractivity contribution in [2.24, 2.45) is 5.41 Å². The quantitative estimate of drug-likeness (QED) is 0.655. The molecule has 1 rings (SSSR count). The number of nitrogens with one attached hydrogen (secondary N) is 1. The van der Waals surface area contributed by atoms with E-state index in [1.807, 2.05) is 5.32 Å². The number of benzene rings is 1. The highest BCUT2D eigenvalue weighted by molar-refractivity contribution is 5.81. The number of halogens is 3. The van der Waals surface area contributed by atoms with Crippen molar-refractivity contribution in [3.8, 4) is 11.5 Å². The summed E-state index contributed by atoms with van der Waals surface area (Å²) >= 11 is 0. The molecule has 0 saturated heterocycles. The van der Waals surface area contributed by atoms with Crippen LogP contribution in [-0.2, 0) is 20.7 Å². The van der Waals surface area contributed by atoms with E-state index in [4.69, 9.17) is 14.2 Å². The SMILES string of the molecule is COc1cc(/C=C\COC(=O)C(C)(C)C)c(CCNC(=O)C(F)(F)F)cc1OC. The number of methoxy groups -OCH3 is 2. The minimum Gasteiger partial charge on any atom is -0.493 e. The fourth-order valence-electron chi connectivity index (χ4n) is 2.23. The van der Waals surface area contributed by atoms with Crippen LogP contribution in [0.25, 0.3) is 6.08 Å². The molecule has 0 unspecified atom stereocenters. The summed E-state index contributed by atoms with van der Waals surface area (Å²) in [6, 6.07) is 3.28. The number of hydrogen-bond donors (Lipinski definition) is 1. The molecule has 0 bridgehead atoms. The van der Waals surface area contributed by atoms with Gasteiger partial charge in [-0.2, -0.15) is 13.2 Å². The number of esters is 1. The fourth-order valence-corrected chi connectivity index (χ4v) is 2.23. The van der Waals surface area contributed by atoms with Crippen molar-refractivity contribution in [2.75, 3.05) is 27.4 Å². The van der Waals surface area contributed by atoms with Gasteiger partial charge in [-0.1, -0.05) is 6.08 Å². The zero-order valence-corrected chi connectivity index (χ0v) is 17.1. The second-order valence-electron chi connectivity index (χ2n) is 7.16. The molecular weight excluding hydrogens is 391 g/mol. The highest BCUT2D eigenvalue weighted by Gasteiger charge is 2.38. The van der Waals surface area contributed by atoms with E-state index in [9.17, 15) is 22.8 Å². The van der Waals surface area contributed by atoms with E-state index in [1.165, 1.54) is 14.2 Å². The maximum atomic E-state index is 12.3. The summed E-state index contributed by atoms with van der Waals surface area (Å²) in [7, 11) is 2.90. The van der Waals surface area contributed by atoms with Crippen LogP contribution in [-0.4, -0.2) is 45.4 Å². The van der Waals surface area contributed by atoms with Crippen LogP contribution in [0.5, 0.6) is 11.5 Å². The van der Waals surface area contributed by atoms with Crippen LogP contribution < -0.4 is 14.8 Å². The van der Waals surface area contributed by atoms with Crippen LogP contribution in [0.4, 0.5) is 13.2 Å². The number of carbonyl (C=O) groups is 2. The minimum atomic E-state index is -4.93. The van der Waals surface area contributed by atoms with Gasteiger partial charge in [-0.05, 0) is 56.5 Å². The largest absolute Gasteiger partial charge is 0.493 e. The van der Waals surface area contributed by atoms with Gasteiger partial charge in [0.15, 0.2) is 11.5 Å². The number of rotatable bonds is 8. The van der Waals surface area contributed by atoms with E-state index in [1.54, 1.807) is 45.1 Å². The molecule has 29 heavy (non-hydrogen) atoms. The van der Waals surface area contributed by atoms with Gasteiger partial charge in [-0.25, -0.2) is 0 Å². The molecule has 1 aromatic carbocycles. The van der Waals surface area contributed by atoms with Crippen molar-refractivity contribution in [3.05, 3.63) is 29.3 Å². The van der Waals surface area contributed by atoms with Crippen LogP contribution in [0.2, 0.25) is 0 Å². The van der Waals surface area contributed by atoms with Crippen molar-refractivity contribution >= 4 is 18.0 Å². The van der Waals surface area contributed by atoms with E-state index in [0.29, 0.717) is 22.6 Å². The summed E-state index contributed by atoms with van der Waals surface area (Å²) in [5, 5.41) is 1.83. The highest BCUT2D eigenvalue weighted by atomic mass is 19.4. The maximum absolute atomic E-state index is 12.3. The van der Waals surface area contributed by atoms with Crippen LogP contribution >= 0.6 is 0 Å². The first-order valence-corrected chi connectivity index (χ1v) is 8.83. The molecule has 0 radical (unpaired) electrons. The Hall–Kier alpha value is -2.71. The lowest BCUT2D eigenvalue weighted by atomic mass is 9.97. The molecule has 0 fully saturated rings. The topological polar surface area (TPSA) is 73.9 Å². The molecule has 0 atom stereocenters. The fraction of sp³-hybridized carbons (Fsp3) is 0.500.